The van der Waals surface area contributed by atoms with Crippen LogP contribution in [0.4, 0.5) is 0 Å². The molecule has 25 heavy (non-hydrogen) atoms. The van der Waals surface area contributed by atoms with Gasteiger partial charge in [0.1, 0.15) is 5.76 Å². The number of benzene rings is 1. The van der Waals surface area contributed by atoms with E-state index in [2.05, 4.69) is 10.3 Å². The van der Waals surface area contributed by atoms with Crippen LogP contribution >= 0.6 is 11.6 Å². The van der Waals surface area contributed by atoms with Crippen molar-refractivity contribution in [3.05, 3.63) is 83.0 Å². The molecule has 0 spiro atoms. The molecule has 5 nitrogen and oxygen atoms in total. The number of furan rings is 1. The maximum absolute atomic E-state index is 12.4. The molecule has 1 amide bonds. The third-order valence-corrected chi connectivity index (χ3v) is 5.23. The lowest BCUT2D eigenvalue weighted by molar-refractivity contribution is 0.0921. The first-order chi connectivity index (χ1) is 12.1. The van der Waals surface area contributed by atoms with Crippen LogP contribution in [-0.4, -0.2) is 15.1 Å². The molecule has 0 saturated heterocycles. The summed E-state index contributed by atoms with van der Waals surface area (Å²) in [5.41, 5.74) is 0.752. The van der Waals surface area contributed by atoms with E-state index in [4.69, 9.17) is 16.0 Å². The number of carbonyl (C=O) groups is 1. The molecule has 128 valence electrons. The van der Waals surface area contributed by atoms with Gasteiger partial charge in [-0.2, -0.15) is 0 Å². The summed E-state index contributed by atoms with van der Waals surface area (Å²) in [6.45, 7) is 0.307. The van der Waals surface area contributed by atoms with Crippen molar-refractivity contribution in [3.63, 3.8) is 0 Å². The highest BCUT2D eigenvalue weighted by atomic mass is 35.5. The van der Waals surface area contributed by atoms with Crippen molar-refractivity contribution in [1.29, 1.82) is 0 Å². The van der Waals surface area contributed by atoms with E-state index < -0.39 is 10.8 Å². The van der Waals surface area contributed by atoms with E-state index >= 15 is 0 Å². The molecule has 2 aromatic heterocycles. The SMILES string of the molecule is O=C(NCc1ccccn1)c1ccc(C[S@](=O)c2ccccc2Cl)o1. The number of halogens is 1. The molecule has 0 radical (unpaired) electrons. The molecule has 0 aliphatic rings. The maximum atomic E-state index is 12.4. The average Bonchev–Trinajstić information content (AvgIpc) is 3.09. The van der Waals surface area contributed by atoms with E-state index in [1.807, 2.05) is 18.2 Å². The first-order valence-corrected chi connectivity index (χ1v) is 9.23. The quantitative estimate of drug-likeness (QED) is 0.716. The zero-order chi connectivity index (χ0) is 17.6. The van der Waals surface area contributed by atoms with Gasteiger partial charge in [0.2, 0.25) is 0 Å². The molecule has 3 aromatic rings. The Balaban J connectivity index is 1.61. The molecular weight excluding hydrogens is 360 g/mol. The van der Waals surface area contributed by atoms with E-state index in [-0.39, 0.29) is 17.4 Å². The van der Waals surface area contributed by atoms with Gasteiger partial charge in [0, 0.05) is 6.20 Å². The lowest BCUT2D eigenvalue weighted by Gasteiger charge is -2.03. The number of hydrogen-bond acceptors (Lipinski definition) is 4. The predicted octanol–water partition coefficient (Wildman–Crippen LogP) is 3.57. The number of rotatable bonds is 6. The molecule has 0 fully saturated rings. The molecule has 1 N–H and O–H groups in total. The summed E-state index contributed by atoms with van der Waals surface area (Å²) in [5.74, 6) is 0.431. The van der Waals surface area contributed by atoms with Gasteiger partial charge in [-0.1, -0.05) is 29.8 Å². The Kier molecular flexibility index (Phi) is 5.63. The normalized spacial score (nSPS) is 11.9. The number of carbonyl (C=O) groups excluding carboxylic acids is 1. The minimum Gasteiger partial charge on any atom is -0.455 e. The van der Waals surface area contributed by atoms with Crippen LogP contribution in [0.25, 0.3) is 0 Å². The largest absolute Gasteiger partial charge is 0.455 e. The molecule has 1 aromatic carbocycles. The Morgan fingerprint density at radius 1 is 1.12 bits per heavy atom. The summed E-state index contributed by atoms with van der Waals surface area (Å²) in [6.07, 6.45) is 1.66. The van der Waals surface area contributed by atoms with Gasteiger partial charge in [0.25, 0.3) is 5.91 Å². The van der Waals surface area contributed by atoms with Gasteiger partial charge in [-0.05, 0) is 36.4 Å². The summed E-state index contributed by atoms with van der Waals surface area (Å²) in [7, 11) is -1.35. The van der Waals surface area contributed by atoms with Gasteiger partial charge in [-0.3, -0.25) is 14.0 Å². The van der Waals surface area contributed by atoms with Crippen molar-refractivity contribution in [3.8, 4) is 0 Å². The first kappa shape index (κ1) is 17.4. The van der Waals surface area contributed by atoms with E-state index in [1.54, 1.807) is 42.6 Å². The summed E-state index contributed by atoms with van der Waals surface area (Å²) >= 11 is 6.05. The predicted molar refractivity (Wildman–Crippen MR) is 95.7 cm³/mol. The van der Waals surface area contributed by atoms with Crippen LogP contribution in [-0.2, 0) is 23.1 Å². The van der Waals surface area contributed by atoms with E-state index in [0.29, 0.717) is 22.2 Å². The molecular formula is C18H15ClN2O3S. The standard InChI is InChI=1S/C18H15ClN2O3S/c19-15-6-1-2-7-17(15)25(23)12-14-8-9-16(24-14)18(22)21-11-13-5-3-4-10-20-13/h1-10H,11-12H2,(H,21,22)/t25-/m0/s1. The highest BCUT2D eigenvalue weighted by molar-refractivity contribution is 7.84. The third-order valence-electron chi connectivity index (χ3n) is 3.40. The van der Waals surface area contributed by atoms with Gasteiger partial charge in [0.15, 0.2) is 5.76 Å². The second-order valence-corrected chi connectivity index (χ2v) is 7.02. The molecule has 0 unspecified atom stereocenters. The molecule has 7 heteroatoms. The minimum absolute atomic E-state index is 0.150. The smallest absolute Gasteiger partial charge is 0.287 e. The van der Waals surface area contributed by atoms with Crippen molar-refractivity contribution in [2.45, 2.75) is 17.2 Å². The Hall–Kier alpha value is -2.44. The van der Waals surface area contributed by atoms with Crippen LogP contribution < -0.4 is 5.32 Å². The lowest BCUT2D eigenvalue weighted by atomic mass is 10.3. The fourth-order valence-electron chi connectivity index (χ4n) is 2.17. The molecule has 0 saturated carbocycles. The second kappa shape index (κ2) is 8.09. The molecule has 2 heterocycles. The Bertz CT molecular complexity index is 896. The number of amides is 1. The van der Waals surface area contributed by atoms with Crippen LogP contribution in [0.3, 0.4) is 0 Å². The van der Waals surface area contributed by atoms with Crippen LogP contribution in [0.5, 0.6) is 0 Å². The van der Waals surface area contributed by atoms with Crippen LogP contribution in [0.1, 0.15) is 22.0 Å². The maximum Gasteiger partial charge on any atom is 0.287 e. The molecule has 0 aliphatic carbocycles. The zero-order valence-electron chi connectivity index (χ0n) is 13.1. The van der Waals surface area contributed by atoms with Crippen molar-refractivity contribution in [2.24, 2.45) is 0 Å². The summed E-state index contributed by atoms with van der Waals surface area (Å²) in [5, 5.41) is 3.18. The van der Waals surface area contributed by atoms with Crippen LogP contribution in [0.15, 0.2) is 70.1 Å². The fourth-order valence-corrected chi connectivity index (χ4v) is 3.65. The summed E-state index contributed by atoms with van der Waals surface area (Å²) in [4.78, 5) is 16.8. The Morgan fingerprint density at radius 3 is 2.68 bits per heavy atom. The van der Waals surface area contributed by atoms with Crippen molar-refractivity contribution < 1.29 is 13.4 Å². The third kappa shape index (κ3) is 4.55. The number of aromatic nitrogens is 1. The van der Waals surface area contributed by atoms with Crippen molar-refractivity contribution >= 4 is 28.3 Å². The Morgan fingerprint density at radius 2 is 1.92 bits per heavy atom. The number of nitrogens with one attached hydrogen (secondary N) is 1. The first-order valence-electron chi connectivity index (χ1n) is 7.53. The summed E-state index contributed by atoms with van der Waals surface area (Å²) in [6, 6.07) is 15.6. The van der Waals surface area contributed by atoms with Crippen LogP contribution in [0, 0.1) is 0 Å². The lowest BCUT2D eigenvalue weighted by Crippen LogP contribution is -2.22. The van der Waals surface area contributed by atoms with Crippen molar-refractivity contribution in [1.82, 2.24) is 10.3 Å². The van der Waals surface area contributed by atoms with E-state index in [9.17, 15) is 9.00 Å². The number of nitrogens with zero attached hydrogens (tertiary/aromatic N) is 1. The molecule has 0 bridgehead atoms. The monoisotopic (exact) mass is 374 g/mol. The highest BCUT2D eigenvalue weighted by Gasteiger charge is 2.15. The highest BCUT2D eigenvalue weighted by Crippen LogP contribution is 2.22. The minimum atomic E-state index is -1.35. The molecule has 3 rings (SSSR count). The topological polar surface area (TPSA) is 72.2 Å². The fraction of sp³-hybridized carbons (Fsp3) is 0.111. The molecule has 1 atom stereocenters. The summed E-state index contributed by atoms with van der Waals surface area (Å²) < 4.78 is 17.9. The van der Waals surface area contributed by atoms with E-state index in [1.165, 1.54) is 0 Å². The average molecular weight is 375 g/mol. The van der Waals surface area contributed by atoms with Crippen molar-refractivity contribution in [2.75, 3.05) is 0 Å². The van der Waals surface area contributed by atoms with E-state index in [0.717, 1.165) is 5.69 Å². The number of pyridine rings is 1. The van der Waals surface area contributed by atoms with Gasteiger partial charge >= 0.3 is 0 Å². The Labute approximate surface area is 152 Å². The number of hydrogen-bond donors (Lipinski definition) is 1. The van der Waals surface area contributed by atoms with Gasteiger partial charge in [0.05, 0.1) is 38.7 Å². The second-order valence-electron chi connectivity index (χ2n) is 5.19. The zero-order valence-corrected chi connectivity index (χ0v) is 14.7. The molecule has 0 aliphatic heterocycles. The van der Waals surface area contributed by atoms with Gasteiger partial charge < -0.3 is 9.73 Å². The van der Waals surface area contributed by atoms with Crippen LogP contribution in [0.2, 0.25) is 5.02 Å². The van der Waals surface area contributed by atoms with Gasteiger partial charge in [-0.25, -0.2) is 0 Å². The van der Waals surface area contributed by atoms with Gasteiger partial charge in [-0.15, -0.1) is 0 Å².